The second kappa shape index (κ2) is 7.68. The molecular weight excluding hydrogens is 435 g/mol. The van der Waals surface area contributed by atoms with Crippen LogP contribution in [0.3, 0.4) is 0 Å². The van der Waals surface area contributed by atoms with Crippen molar-refractivity contribution in [2.75, 3.05) is 11.6 Å². The predicted octanol–water partition coefficient (Wildman–Crippen LogP) is 5.23. The first kappa shape index (κ1) is 18.1. The number of nitrogens with zero attached hydrogens (tertiary/aromatic N) is 2. The summed E-state index contributed by atoms with van der Waals surface area (Å²) in [5.74, 6) is -0.370. The van der Waals surface area contributed by atoms with Crippen molar-refractivity contribution < 1.29 is 9.53 Å². The lowest BCUT2D eigenvalue weighted by molar-refractivity contribution is -0.135. The molecule has 0 radical (unpaired) electrons. The summed E-state index contributed by atoms with van der Waals surface area (Å²) < 4.78 is 6.22. The first-order valence-electron chi connectivity index (χ1n) is 7.50. The average Bonchev–Trinajstić information content (AvgIpc) is 3.14. The highest BCUT2D eigenvalue weighted by molar-refractivity contribution is 9.14. The first-order chi connectivity index (χ1) is 11.5. The van der Waals surface area contributed by atoms with E-state index in [4.69, 9.17) is 27.9 Å². The molecule has 0 bridgehead atoms. The Kier molecular flexibility index (Phi) is 5.80. The number of rotatable bonds is 4. The van der Waals surface area contributed by atoms with E-state index in [-0.39, 0.29) is 17.3 Å². The lowest BCUT2D eigenvalue weighted by Gasteiger charge is -2.28. The number of hydrazone groups is 1. The molecular formula is C16H15BrCl2N2O2S. The van der Waals surface area contributed by atoms with Crippen LogP contribution in [0.2, 0.25) is 10.0 Å². The minimum Gasteiger partial charge on any atom is -0.461 e. The van der Waals surface area contributed by atoms with Gasteiger partial charge in [0.1, 0.15) is 5.71 Å². The molecule has 0 saturated carbocycles. The number of carbonyl (C=O) groups excluding carboxylic acids is 1. The van der Waals surface area contributed by atoms with E-state index in [0.717, 1.165) is 15.9 Å². The van der Waals surface area contributed by atoms with Crippen molar-refractivity contribution in [2.24, 2.45) is 5.10 Å². The predicted molar refractivity (Wildman–Crippen MR) is 104 cm³/mol. The number of hydrogen-bond acceptors (Lipinski definition) is 5. The molecule has 24 heavy (non-hydrogen) atoms. The van der Waals surface area contributed by atoms with Crippen molar-refractivity contribution in [2.45, 2.75) is 31.1 Å². The highest BCUT2D eigenvalue weighted by atomic mass is 79.9. The quantitative estimate of drug-likeness (QED) is 0.590. The maximum atomic E-state index is 12.1. The zero-order valence-corrected chi connectivity index (χ0v) is 16.8. The lowest BCUT2D eigenvalue weighted by atomic mass is 10.0. The van der Waals surface area contributed by atoms with Gasteiger partial charge in [-0.2, -0.15) is 5.10 Å². The van der Waals surface area contributed by atoms with Gasteiger partial charge in [-0.05, 0) is 47.5 Å². The maximum absolute atomic E-state index is 12.1. The summed E-state index contributed by atoms with van der Waals surface area (Å²) in [7, 11) is 0. The van der Waals surface area contributed by atoms with Crippen LogP contribution in [0.5, 0.6) is 0 Å². The third kappa shape index (κ3) is 3.77. The molecule has 1 aromatic carbocycles. The summed E-state index contributed by atoms with van der Waals surface area (Å²) in [6, 6.07) is 5.31. The van der Waals surface area contributed by atoms with Crippen LogP contribution in [0.1, 0.15) is 19.8 Å². The van der Waals surface area contributed by atoms with Gasteiger partial charge in [0.25, 0.3) is 0 Å². The summed E-state index contributed by atoms with van der Waals surface area (Å²) in [4.78, 5) is 12.1. The smallest absolute Gasteiger partial charge is 0.354 e. The molecule has 2 atom stereocenters. The van der Waals surface area contributed by atoms with Crippen LogP contribution in [0.15, 0.2) is 33.2 Å². The van der Waals surface area contributed by atoms with Crippen LogP contribution < -0.4 is 5.01 Å². The fourth-order valence-electron chi connectivity index (χ4n) is 2.74. The van der Waals surface area contributed by atoms with Gasteiger partial charge < -0.3 is 4.74 Å². The van der Waals surface area contributed by atoms with E-state index >= 15 is 0 Å². The van der Waals surface area contributed by atoms with E-state index in [1.54, 1.807) is 30.8 Å². The molecule has 0 aromatic heterocycles. The van der Waals surface area contributed by atoms with Gasteiger partial charge in [0.15, 0.2) is 0 Å². The van der Waals surface area contributed by atoms with Gasteiger partial charge in [-0.3, -0.25) is 5.01 Å². The Balaban J connectivity index is 1.92. The van der Waals surface area contributed by atoms with Gasteiger partial charge >= 0.3 is 5.97 Å². The van der Waals surface area contributed by atoms with Crippen LogP contribution in [0, 0.1) is 0 Å². The largest absolute Gasteiger partial charge is 0.461 e. The fraction of sp³-hybridized carbons (Fsp3) is 0.375. The topological polar surface area (TPSA) is 41.9 Å². The Bertz CT molecular complexity index is 726. The number of hydrogen-bond donors (Lipinski definition) is 0. The van der Waals surface area contributed by atoms with E-state index in [2.05, 4.69) is 27.1 Å². The van der Waals surface area contributed by atoms with E-state index in [1.807, 2.05) is 11.1 Å². The van der Waals surface area contributed by atoms with Crippen molar-refractivity contribution in [3.05, 3.63) is 38.1 Å². The molecule has 0 amide bonds. The summed E-state index contributed by atoms with van der Waals surface area (Å²) >= 11 is 17.6. The standard InChI is InChI=1S/C16H15BrCl2N2O2S/c1-2-23-16(22)11-8-13(14-5-6-15(17)24-14)21(20-11)12-4-3-9(18)7-10(12)19/h3-4,6-7,13-14H,2,5,8H2,1H3. The Morgan fingerprint density at radius 1 is 1.50 bits per heavy atom. The monoisotopic (exact) mass is 448 g/mol. The zero-order chi connectivity index (χ0) is 17.3. The molecule has 3 rings (SSSR count). The maximum Gasteiger partial charge on any atom is 0.354 e. The van der Waals surface area contributed by atoms with E-state index < -0.39 is 0 Å². The minimum atomic E-state index is -0.370. The molecule has 2 aliphatic heterocycles. The Labute approximate surface area is 163 Å². The molecule has 0 aliphatic carbocycles. The molecule has 1 aromatic rings. The molecule has 0 spiro atoms. The number of anilines is 1. The van der Waals surface area contributed by atoms with Crippen LogP contribution >= 0.6 is 50.9 Å². The van der Waals surface area contributed by atoms with Gasteiger partial charge in [-0.15, -0.1) is 11.8 Å². The van der Waals surface area contributed by atoms with Crippen molar-refractivity contribution in [1.82, 2.24) is 0 Å². The Morgan fingerprint density at radius 2 is 2.29 bits per heavy atom. The van der Waals surface area contributed by atoms with Crippen LogP contribution in [-0.4, -0.2) is 29.6 Å². The van der Waals surface area contributed by atoms with E-state index in [9.17, 15) is 4.79 Å². The molecule has 128 valence electrons. The number of halogens is 3. The van der Waals surface area contributed by atoms with Gasteiger partial charge in [-0.1, -0.05) is 29.3 Å². The number of esters is 1. The molecule has 0 N–H and O–H groups in total. The number of carbonyl (C=O) groups is 1. The van der Waals surface area contributed by atoms with Gasteiger partial charge in [0, 0.05) is 20.5 Å². The van der Waals surface area contributed by atoms with Crippen molar-refractivity contribution in [3.63, 3.8) is 0 Å². The van der Waals surface area contributed by atoms with Crippen molar-refractivity contribution in [3.8, 4) is 0 Å². The summed E-state index contributed by atoms with van der Waals surface area (Å²) in [6.07, 6.45) is 3.58. The first-order valence-corrected chi connectivity index (χ1v) is 9.93. The highest BCUT2D eigenvalue weighted by Gasteiger charge is 2.39. The number of ether oxygens (including phenoxy) is 1. The highest BCUT2D eigenvalue weighted by Crippen LogP contribution is 2.43. The lowest BCUT2D eigenvalue weighted by Crippen LogP contribution is -2.35. The van der Waals surface area contributed by atoms with E-state index in [0.29, 0.717) is 28.8 Å². The second-order valence-corrected chi connectivity index (χ2v) is 8.88. The van der Waals surface area contributed by atoms with Gasteiger partial charge in [-0.25, -0.2) is 4.79 Å². The molecule has 0 fully saturated rings. The molecule has 0 saturated heterocycles. The van der Waals surface area contributed by atoms with E-state index in [1.165, 1.54) is 0 Å². The minimum absolute atomic E-state index is 0.0272. The molecule has 2 heterocycles. The Hall–Kier alpha value is -0.690. The molecule has 8 heteroatoms. The SMILES string of the molecule is CCOC(=O)C1=NN(c2ccc(Cl)cc2Cl)C(C2CC=C(Br)S2)C1. The average molecular weight is 450 g/mol. The molecule has 4 nitrogen and oxygen atoms in total. The summed E-state index contributed by atoms with van der Waals surface area (Å²) in [5.41, 5.74) is 1.17. The van der Waals surface area contributed by atoms with Crippen LogP contribution in [0.25, 0.3) is 0 Å². The molecule has 2 aliphatic rings. The summed E-state index contributed by atoms with van der Waals surface area (Å²) in [5, 5.41) is 7.70. The number of thioether (sulfide) groups is 1. The second-order valence-electron chi connectivity index (χ2n) is 5.38. The van der Waals surface area contributed by atoms with Gasteiger partial charge in [0.2, 0.25) is 0 Å². The normalized spacial score (nSPS) is 23.2. The third-order valence-corrected chi connectivity index (χ3v) is 6.44. The van der Waals surface area contributed by atoms with Gasteiger partial charge in [0.05, 0.1) is 23.4 Å². The third-order valence-electron chi connectivity index (χ3n) is 3.82. The van der Waals surface area contributed by atoms with Crippen LogP contribution in [-0.2, 0) is 9.53 Å². The summed E-state index contributed by atoms with van der Waals surface area (Å²) in [6.45, 7) is 2.11. The number of benzene rings is 1. The fourth-order valence-corrected chi connectivity index (χ4v) is 5.19. The van der Waals surface area contributed by atoms with Crippen LogP contribution in [0.4, 0.5) is 5.69 Å². The zero-order valence-electron chi connectivity index (χ0n) is 12.8. The van der Waals surface area contributed by atoms with Crippen molar-refractivity contribution in [1.29, 1.82) is 0 Å². The molecule has 2 unspecified atom stereocenters. The van der Waals surface area contributed by atoms with Crippen molar-refractivity contribution >= 4 is 68.3 Å². The Morgan fingerprint density at radius 3 is 2.92 bits per heavy atom. The number of allylic oxidation sites excluding steroid dienone is 1.